The Bertz CT molecular complexity index is 1140. The van der Waals surface area contributed by atoms with E-state index >= 15 is 0 Å². The number of carboxylic acids is 1. The zero-order valence-corrected chi connectivity index (χ0v) is 25.4. The van der Waals surface area contributed by atoms with Gasteiger partial charge < -0.3 is 29.6 Å². The van der Waals surface area contributed by atoms with Crippen LogP contribution in [-0.4, -0.2) is 86.6 Å². The molecule has 11 nitrogen and oxygen atoms in total. The average Bonchev–Trinajstić information content (AvgIpc) is 2.93. The fraction of sp³-hybridized carbons (Fsp3) is 0.690. The van der Waals surface area contributed by atoms with Gasteiger partial charge in [0.15, 0.2) is 0 Å². The van der Waals surface area contributed by atoms with Gasteiger partial charge in [-0.15, -0.1) is 0 Å². The molecule has 2 fully saturated rings. The molecule has 1 aliphatic carbocycles. The zero-order chi connectivity index (χ0) is 30.3. The van der Waals surface area contributed by atoms with Crippen molar-refractivity contribution in [2.45, 2.75) is 100 Å². The number of esters is 1. The molecule has 3 rings (SSSR count). The normalized spacial score (nSPS) is 22.4. The number of benzene rings is 1. The van der Waals surface area contributed by atoms with E-state index in [0.717, 1.165) is 38.8 Å². The summed E-state index contributed by atoms with van der Waals surface area (Å²) in [5.74, 6) is -1.57. The first-order valence-electron chi connectivity index (χ1n) is 14.3. The topological polar surface area (TPSA) is 151 Å². The molecule has 0 spiro atoms. The quantitative estimate of drug-likeness (QED) is 0.229. The number of nitrogens with one attached hydrogen (secondary N) is 2. The van der Waals surface area contributed by atoms with Crippen LogP contribution in [0, 0.1) is 5.92 Å². The second-order valence-corrected chi connectivity index (χ2v) is 13.7. The molecule has 0 aromatic heterocycles. The van der Waals surface area contributed by atoms with Gasteiger partial charge in [0, 0.05) is 18.5 Å². The third-order valence-electron chi connectivity index (χ3n) is 8.07. The van der Waals surface area contributed by atoms with Gasteiger partial charge in [0.2, 0.25) is 10.0 Å². The molecule has 2 aliphatic rings. The number of aldehydes is 1. The van der Waals surface area contributed by atoms with Crippen molar-refractivity contribution in [3.8, 4) is 5.75 Å². The molecule has 12 heteroatoms. The maximum atomic E-state index is 13.4. The Balaban J connectivity index is 1.70. The molecule has 1 saturated carbocycles. The van der Waals surface area contributed by atoms with Gasteiger partial charge in [-0.05, 0) is 103 Å². The zero-order valence-electron chi connectivity index (χ0n) is 24.6. The van der Waals surface area contributed by atoms with E-state index in [2.05, 4.69) is 14.9 Å². The summed E-state index contributed by atoms with van der Waals surface area (Å²) >= 11 is 0. The second kappa shape index (κ2) is 14.1. The van der Waals surface area contributed by atoms with Crippen LogP contribution in [0.4, 0.5) is 0 Å². The van der Waals surface area contributed by atoms with Crippen LogP contribution in [0.25, 0.3) is 0 Å². The molecule has 3 N–H and O–H groups in total. The van der Waals surface area contributed by atoms with Crippen LogP contribution < -0.4 is 14.8 Å². The SMILES string of the molecule is COc1ccc(S(=O)(=O)NC(CCC=O)(C(=O)O)C2CCCC(N3CCC(NCC(=O)OC(C)(C)C)CC3)C2)cc1. The number of nitrogens with zero attached hydrogens (tertiary/aromatic N) is 1. The maximum absolute atomic E-state index is 13.4. The van der Waals surface area contributed by atoms with Crippen molar-refractivity contribution in [3.05, 3.63) is 24.3 Å². The Morgan fingerprint density at radius 1 is 1.10 bits per heavy atom. The van der Waals surface area contributed by atoms with Gasteiger partial charge in [0.05, 0.1) is 18.6 Å². The van der Waals surface area contributed by atoms with Crippen molar-refractivity contribution in [1.82, 2.24) is 14.9 Å². The molecule has 1 heterocycles. The number of hydrogen-bond acceptors (Lipinski definition) is 9. The molecule has 0 bridgehead atoms. The molecule has 0 radical (unpaired) electrons. The number of rotatable bonds is 13. The summed E-state index contributed by atoms with van der Waals surface area (Å²) < 4.78 is 39.8. The van der Waals surface area contributed by atoms with E-state index in [1.165, 1.54) is 31.4 Å². The van der Waals surface area contributed by atoms with Gasteiger partial charge in [-0.2, -0.15) is 4.72 Å². The van der Waals surface area contributed by atoms with E-state index in [-0.39, 0.29) is 42.3 Å². The molecule has 230 valence electrons. The molecular weight excluding hydrogens is 550 g/mol. The summed E-state index contributed by atoms with van der Waals surface area (Å²) in [6, 6.07) is 6.04. The number of carbonyl (C=O) groups excluding carboxylic acids is 2. The van der Waals surface area contributed by atoms with Crippen molar-refractivity contribution < 1.29 is 37.4 Å². The Morgan fingerprint density at radius 2 is 1.76 bits per heavy atom. The Labute approximate surface area is 243 Å². The minimum absolute atomic E-state index is 0.0664. The summed E-state index contributed by atoms with van der Waals surface area (Å²) in [4.78, 5) is 38.6. The van der Waals surface area contributed by atoms with E-state index in [0.29, 0.717) is 24.9 Å². The number of likely N-dealkylation sites (tertiary alicyclic amines) is 1. The average molecular weight is 596 g/mol. The van der Waals surface area contributed by atoms with E-state index in [1.807, 2.05) is 20.8 Å². The molecule has 1 aromatic carbocycles. The summed E-state index contributed by atoms with van der Waals surface area (Å²) in [7, 11) is -2.73. The third-order valence-corrected chi connectivity index (χ3v) is 9.59. The molecule has 41 heavy (non-hydrogen) atoms. The summed E-state index contributed by atoms with van der Waals surface area (Å²) in [6.07, 6.45) is 4.80. The second-order valence-electron chi connectivity index (χ2n) is 12.1. The number of sulfonamides is 1. The lowest BCUT2D eigenvalue weighted by molar-refractivity contribution is -0.154. The van der Waals surface area contributed by atoms with Crippen molar-refractivity contribution >= 4 is 28.2 Å². The van der Waals surface area contributed by atoms with Crippen molar-refractivity contribution in [3.63, 3.8) is 0 Å². The maximum Gasteiger partial charge on any atom is 0.325 e. The highest BCUT2D eigenvalue weighted by molar-refractivity contribution is 7.89. The van der Waals surface area contributed by atoms with Crippen LogP contribution >= 0.6 is 0 Å². The van der Waals surface area contributed by atoms with Crippen LogP contribution in [0.2, 0.25) is 0 Å². The molecule has 0 amide bonds. The first-order chi connectivity index (χ1) is 19.3. The highest BCUT2D eigenvalue weighted by atomic mass is 32.2. The Morgan fingerprint density at radius 3 is 2.32 bits per heavy atom. The van der Waals surface area contributed by atoms with E-state index in [4.69, 9.17) is 9.47 Å². The monoisotopic (exact) mass is 595 g/mol. The first kappa shape index (κ1) is 33.0. The number of carboxylic acid groups (broad SMARTS) is 1. The summed E-state index contributed by atoms with van der Waals surface area (Å²) in [5.41, 5.74) is -2.34. The predicted molar refractivity (Wildman–Crippen MR) is 153 cm³/mol. The van der Waals surface area contributed by atoms with Gasteiger partial charge in [-0.1, -0.05) is 6.42 Å². The number of piperidine rings is 1. The Kier molecular flexibility index (Phi) is 11.3. The first-order valence-corrected chi connectivity index (χ1v) is 15.8. The number of methoxy groups -OCH3 is 1. The van der Waals surface area contributed by atoms with Gasteiger partial charge in [-0.3, -0.25) is 9.59 Å². The van der Waals surface area contributed by atoms with Crippen molar-refractivity contribution in [2.75, 3.05) is 26.7 Å². The minimum Gasteiger partial charge on any atom is -0.497 e. The molecule has 1 aliphatic heterocycles. The minimum atomic E-state index is -4.20. The predicted octanol–water partition coefficient (Wildman–Crippen LogP) is 2.73. The lowest BCUT2D eigenvalue weighted by atomic mass is 9.71. The fourth-order valence-corrected chi connectivity index (χ4v) is 7.47. The summed E-state index contributed by atoms with van der Waals surface area (Å²) in [6.45, 7) is 7.23. The molecule has 3 unspecified atom stereocenters. The number of hydrogen-bond donors (Lipinski definition) is 3. The standard InChI is InChI=1S/C29H45N3O8S/c1-28(2,3)40-26(34)20-30-22-13-16-32(17-14-22)23-8-5-7-21(19-23)29(27(35)36,15-6-18-33)31-41(37,38)25-11-9-24(39-4)10-12-25/h9-12,18,21-23,30-31H,5-8,13-17,19-20H2,1-4H3,(H,35,36). The smallest absolute Gasteiger partial charge is 0.325 e. The number of ether oxygens (including phenoxy) is 2. The van der Waals surface area contributed by atoms with Gasteiger partial charge >= 0.3 is 11.9 Å². The third kappa shape index (κ3) is 8.97. The Hall–Kier alpha value is -2.54. The lowest BCUT2D eigenvalue weighted by Gasteiger charge is -2.46. The highest BCUT2D eigenvalue weighted by Gasteiger charge is 2.50. The number of carbonyl (C=O) groups is 3. The lowest BCUT2D eigenvalue weighted by Crippen LogP contribution is -2.61. The molecule has 3 atom stereocenters. The largest absolute Gasteiger partial charge is 0.497 e. The van der Waals surface area contributed by atoms with Crippen LogP contribution in [0.5, 0.6) is 5.75 Å². The highest BCUT2D eigenvalue weighted by Crippen LogP contribution is 2.39. The van der Waals surface area contributed by atoms with E-state index < -0.39 is 33.1 Å². The molecule has 1 saturated heterocycles. The van der Waals surface area contributed by atoms with E-state index in [1.54, 1.807) is 0 Å². The molecule has 1 aromatic rings. The van der Waals surface area contributed by atoms with Crippen LogP contribution in [0.1, 0.15) is 72.1 Å². The van der Waals surface area contributed by atoms with Crippen LogP contribution in [-0.2, 0) is 29.1 Å². The van der Waals surface area contributed by atoms with Gasteiger partial charge in [0.25, 0.3) is 0 Å². The van der Waals surface area contributed by atoms with Crippen molar-refractivity contribution in [2.24, 2.45) is 5.92 Å². The number of aliphatic carboxylic acids is 1. The molecular formula is C29H45N3O8S. The summed E-state index contributed by atoms with van der Waals surface area (Å²) in [5, 5.41) is 13.8. The van der Waals surface area contributed by atoms with Crippen LogP contribution in [0.3, 0.4) is 0 Å². The fourth-order valence-electron chi connectivity index (χ4n) is 6.02. The van der Waals surface area contributed by atoms with Crippen molar-refractivity contribution in [1.29, 1.82) is 0 Å². The van der Waals surface area contributed by atoms with E-state index in [9.17, 15) is 27.9 Å². The van der Waals surface area contributed by atoms with Gasteiger partial charge in [0.1, 0.15) is 23.2 Å². The van der Waals surface area contributed by atoms with Gasteiger partial charge in [-0.25, -0.2) is 8.42 Å². The van der Waals surface area contributed by atoms with Crippen LogP contribution in [0.15, 0.2) is 29.2 Å².